The second kappa shape index (κ2) is 6.02. The zero-order chi connectivity index (χ0) is 17.5. The van der Waals surface area contributed by atoms with Crippen LogP contribution in [0.3, 0.4) is 0 Å². The van der Waals surface area contributed by atoms with Crippen LogP contribution < -0.4 is 5.73 Å². The van der Waals surface area contributed by atoms with Crippen molar-refractivity contribution in [3.63, 3.8) is 0 Å². The van der Waals surface area contributed by atoms with E-state index in [1.54, 1.807) is 19.9 Å². The van der Waals surface area contributed by atoms with Crippen LogP contribution in [0, 0.1) is 13.8 Å². The number of rotatable bonds is 4. The first kappa shape index (κ1) is 16.7. The van der Waals surface area contributed by atoms with Crippen LogP contribution in [0.4, 0.5) is 0 Å². The van der Waals surface area contributed by atoms with Gasteiger partial charge in [-0.15, -0.1) is 0 Å². The molecular formula is C14H19N5O4S. The summed E-state index contributed by atoms with van der Waals surface area (Å²) in [5, 5.41) is 10.4. The second-order valence-corrected chi connectivity index (χ2v) is 7.78. The third-order valence-corrected chi connectivity index (χ3v) is 6.45. The Morgan fingerprint density at radius 3 is 2.54 bits per heavy atom. The lowest BCUT2D eigenvalue weighted by molar-refractivity contribution is 0.0995. The number of carbonyl (C=O) groups is 1. The van der Waals surface area contributed by atoms with Crippen molar-refractivity contribution >= 4 is 15.9 Å². The number of aromatic amines is 1. The maximum absolute atomic E-state index is 12.8. The molecule has 3 N–H and O–H groups in total. The molecule has 0 bridgehead atoms. The van der Waals surface area contributed by atoms with E-state index in [4.69, 9.17) is 10.3 Å². The number of carbonyl (C=O) groups excluding carboxylic acids is 1. The Bertz CT molecular complexity index is 842. The summed E-state index contributed by atoms with van der Waals surface area (Å²) in [6, 6.07) is 1.63. The van der Waals surface area contributed by atoms with Gasteiger partial charge in [0.1, 0.15) is 16.3 Å². The molecule has 0 saturated carbocycles. The van der Waals surface area contributed by atoms with Gasteiger partial charge in [-0.2, -0.15) is 9.40 Å². The maximum Gasteiger partial charge on any atom is 0.269 e. The van der Waals surface area contributed by atoms with Gasteiger partial charge in [0.05, 0.1) is 0 Å². The van der Waals surface area contributed by atoms with Crippen molar-refractivity contribution in [3.05, 3.63) is 28.9 Å². The third-order valence-electron chi connectivity index (χ3n) is 4.31. The molecule has 3 rings (SSSR count). The Hall–Kier alpha value is -2.20. The summed E-state index contributed by atoms with van der Waals surface area (Å²) in [4.78, 5) is 11.3. The van der Waals surface area contributed by atoms with E-state index < -0.39 is 15.9 Å². The van der Waals surface area contributed by atoms with Crippen LogP contribution in [-0.2, 0) is 10.0 Å². The van der Waals surface area contributed by atoms with Crippen LogP contribution in [0.1, 0.15) is 46.4 Å². The molecule has 1 saturated heterocycles. The van der Waals surface area contributed by atoms with Gasteiger partial charge in [0, 0.05) is 24.7 Å². The third kappa shape index (κ3) is 2.82. The number of nitrogens with two attached hydrogens (primary N) is 1. The van der Waals surface area contributed by atoms with E-state index in [0.717, 1.165) is 5.69 Å². The Morgan fingerprint density at radius 2 is 2.04 bits per heavy atom. The molecule has 0 aromatic carbocycles. The van der Waals surface area contributed by atoms with Gasteiger partial charge in [-0.3, -0.25) is 9.89 Å². The van der Waals surface area contributed by atoms with Crippen LogP contribution in [0.15, 0.2) is 15.5 Å². The number of aryl methyl sites for hydroxylation is 2. The van der Waals surface area contributed by atoms with Crippen molar-refractivity contribution in [1.82, 2.24) is 19.7 Å². The molecular weight excluding hydrogens is 334 g/mol. The molecule has 0 spiro atoms. The molecule has 0 aliphatic carbocycles. The number of H-pyrrole nitrogens is 1. The number of piperidine rings is 1. The fraction of sp³-hybridized carbons (Fsp3) is 0.500. The number of nitrogens with one attached hydrogen (secondary N) is 1. The van der Waals surface area contributed by atoms with Crippen molar-refractivity contribution in [2.75, 3.05) is 13.1 Å². The molecule has 9 nitrogen and oxygen atoms in total. The summed E-state index contributed by atoms with van der Waals surface area (Å²) in [6.45, 7) is 3.96. The second-order valence-electron chi connectivity index (χ2n) is 5.90. The molecule has 0 radical (unpaired) electrons. The molecule has 2 aromatic heterocycles. The maximum atomic E-state index is 12.8. The Balaban J connectivity index is 1.74. The van der Waals surface area contributed by atoms with Crippen LogP contribution in [-0.4, -0.2) is 47.1 Å². The van der Waals surface area contributed by atoms with Gasteiger partial charge in [-0.1, -0.05) is 5.16 Å². The van der Waals surface area contributed by atoms with E-state index in [1.165, 1.54) is 4.31 Å². The highest BCUT2D eigenvalue weighted by molar-refractivity contribution is 7.89. The van der Waals surface area contributed by atoms with Gasteiger partial charge >= 0.3 is 0 Å². The number of aromatic nitrogens is 3. The highest BCUT2D eigenvalue weighted by Gasteiger charge is 2.34. The summed E-state index contributed by atoms with van der Waals surface area (Å²) >= 11 is 0. The summed E-state index contributed by atoms with van der Waals surface area (Å²) in [7, 11) is -3.62. The highest BCUT2D eigenvalue weighted by atomic mass is 32.2. The van der Waals surface area contributed by atoms with Crippen molar-refractivity contribution in [2.24, 2.45) is 5.73 Å². The van der Waals surface area contributed by atoms with E-state index >= 15 is 0 Å². The topological polar surface area (TPSA) is 135 Å². The minimum atomic E-state index is -3.62. The van der Waals surface area contributed by atoms with Crippen LogP contribution in [0.25, 0.3) is 0 Å². The molecule has 2 aromatic rings. The summed E-state index contributed by atoms with van der Waals surface area (Å²) in [6.07, 6.45) is 1.26. The number of primary amides is 1. The standard InChI is InChI=1S/C14H19N5O4S/c1-8-13(9(2)23-18-8)24(21,22)19-5-3-10(4-6-19)11-7-12(14(15)20)17-16-11/h7,10H,3-6H2,1-2H3,(H2,15,20)(H,16,17). The molecule has 0 atom stereocenters. The van der Waals surface area contributed by atoms with Crippen LogP contribution >= 0.6 is 0 Å². The SMILES string of the molecule is Cc1noc(C)c1S(=O)(=O)N1CCC(c2cc(C(N)=O)n[nH]2)CC1. The molecule has 1 fully saturated rings. The molecule has 10 heteroatoms. The fourth-order valence-electron chi connectivity index (χ4n) is 3.05. The van der Waals surface area contributed by atoms with E-state index in [1.807, 2.05) is 0 Å². The van der Waals surface area contributed by atoms with Gasteiger partial charge in [0.15, 0.2) is 5.76 Å². The number of sulfonamides is 1. The van der Waals surface area contributed by atoms with Crippen molar-refractivity contribution in [3.8, 4) is 0 Å². The molecule has 3 heterocycles. The molecule has 24 heavy (non-hydrogen) atoms. The fourth-order valence-corrected chi connectivity index (χ4v) is 4.81. The van der Waals surface area contributed by atoms with Gasteiger partial charge in [-0.05, 0) is 32.8 Å². The number of hydrogen-bond acceptors (Lipinski definition) is 6. The molecule has 1 aliphatic rings. The van der Waals surface area contributed by atoms with Crippen molar-refractivity contribution < 1.29 is 17.7 Å². The van der Waals surface area contributed by atoms with Gasteiger partial charge in [0.25, 0.3) is 5.91 Å². The van der Waals surface area contributed by atoms with E-state index in [-0.39, 0.29) is 16.5 Å². The van der Waals surface area contributed by atoms with Gasteiger partial charge in [0.2, 0.25) is 10.0 Å². The van der Waals surface area contributed by atoms with E-state index in [2.05, 4.69) is 15.4 Å². The summed E-state index contributed by atoms with van der Waals surface area (Å²) in [5.41, 5.74) is 6.56. The van der Waals surface area contributed by atoms with Crippen LogP contribution in [0.5, 0.6) is 0 Å². The van der Waals surface area contributed by atoms with E-state index in [0.29, 0.717) is 37.4 Å². The monoisotopic (exact) mass is 353 g/mol. The Labute approximate surface area is 139 Å². The molecule has 1 aliphatic heterocycles. The van der Waals surface area contributed by atoms with Gasteiger partial charge < -0.3 is 10.3 Å². The lowest BCUT2D eigenvalue weighted by Crippen LogP contribution is -2.38. The largest absolute Gasteiger partial charge is 0.364 e. The zero-order valence-electron chi connectivity index (χ0n) is 13.4. The predicted octanol–water partition coefficient (Wildman–Crippen LogP) is 0.682. The smallest absolute Gasteiger partial charge is 0.269 e. The van der Waals surface area contributed by atoms with Gasteiger partial charge in [-0.25, -0.2) is 8.42 Å². The number of hydrogen-bond donors (Lipinski definition) is 2. The lowest BCUT2D eigenvalue weighted by Gasteiger charge is -2.30. The molecule has 0 unspecified atom stereocenters. The van der Waals surface area contributed by atoms with Crippen molar-refractivity contribution in [1.29, 1.82) is 0 Å². The first-order chi connectivity index (χ1) is 11.3. The number of amides is 1. The summed E-state index contributed by atoms with van der Waals surface area (Å²) in [5.74, 6) is -0.174. The average molecular weight is 353 g/mol. The first-order valence-electron chi connectivity index (χ1n) is 7.59. The normalized spacial score (nSPS) is 17.2. The highest BCUT2D eigenvalue weighted by Crippen LogP contribution is 2.31. The first-order valence-corrected chi connectivity index (χ1v) is 9.03. The van der Waals surface area contributed by atoms with Crippen LogP contribution in [0.2, 0.25) is 0 Å². The quantitative estimate of drug-likeness (QED) is 0.830. The Morgan fingerprint density at radius 1 is 1.38 bits per heavy atom. The average Bonchev–Trinajstić information content (AvgIpc) is 3.15. The van der Waals surface area contributed by atoms with E-state index in [9.17, 15) is 13.2 Å². The minimum absolute atomic E-state index is 0.113. The lowest BCUT2D eigenvalue weighted by atomic mass is 9.94. The Kier molecular flexibility index (Phi) is 4.18. The minimum Gasteiger partial charge on any atom is -0.364 e. The zero-order valence-corrected chi connectivity index (χ0v) is 14.3. The molecule has 1 amide bonds. The summed E-state index contributed by atoms with van der Waals surface area (Å²) < 4.78 is 32.0. The molecule has 130 valence electrons. The predicted molar refractivity (Wildman–Crippen MR) is 83.8 cm³/mol. The number of nitrogens with zero attached hydrogens (tertiary/aromatic N) is 3. The van der Waals surface area contributed by atoms with Crippen molar-refractivity contribution in [2.45, 2.75) is 37.5 Å².